The van der Waals surface area contributed by atoms with E-state index in [1.54, 1.807) is 0 Å². The number of methoxy groups -OCH3 is 1. The lowest BCUT2D eigenvalue weighted by atomic mass is 9.77. The Balaban J connectivity index is 2.39. The zero-order valence-corrected chi connectivity index (χ0v) is 14.3. The molecule has 0 atom stereocenters. The molecule has 2 rings (SSSR count). The molecule has 1 aromatic rings. The lowest BCUT2D eigenvalue weighted by Gasteiger charge is -2.32. The quantitative estimate of drug-likeness (QED) is 0.625. The molecule has 1 aliphatic heterocycles. The molecule has 1 aromatic carbocycles. The highest BCUT2D eigenvalue weighted by Crippen LogP contribution is 2.37. The van der Waals surface area contributed by atoms with E-state index in [4.69, 9.17) is 9.31 Å². The Morgan fingerprint density at radius 3 is 2.17 bits per heavy atom. The van der Waals surface area contributed by atoms with Gasteiger partial charge < -0.3 is 14.0 Å². The van der Waals surface area contributed by atoms with Crippen molar-refractivity contribution in [3.8, 4) is 0 Å². The number of carbonyl (C=O) groups is 1. The highest BCUT2D eigenvalue weighted by atomic mass is 19.4. The molecule has 0 spiro atoms. The van der Waals surface area contributed by atoms with E-state index in [1.807, 2.05) is 27.7 Å². The highest BCUT2D eigenvalue weighted by molar-refractivity contribution is 6.62. The largest absolute Gasteiger partial charge is 0.494 e. The van der Waals surface area contributed by atoms with Crippen molar-refractivity contribution >= 4 is 18.6 Å². The molecule has 0 aliphatic carbocycles. The lowest BCUT2D eigenvalue weighted by molar-refractivity contribution is -0.141. The van der Waals surface area contributed by atoms with Gasteiger partial charge in [0.2, 0.25) is 0 Å². The molecule has 8 heteroatoms. The number of ether oxygens (including phenoxy) is 1. The standard InChI is InChI=1S/C16H20BF3O4/c1-14(2)15(3,4)24-17(23-14)11-7-6-10(8-13(21)22-5)12(9-11)16(18,19)20/h6-7,9H,8H2,1-5H3. The summed E-state index contributed by atoms with van der Waals surface area (Å²) in [6.07, 6.45) is -5.04. The van der Waals surface area contributed by atoms with Crippen molar-refractivity contribution in [2.24, 2.45) is 0 Å². The van der Waals surface area contributed by atoms with Gasteiger partial charge in [-0.2, -0.15) is 13.2 Å². The van der Waals surface area contributed by atoms with Crippen LogP contribution in [0.5, 0.6) is 0 Å². The number of rotatable bonds is 3. The second-order valence-corrected chi connectivity index (χ2v) is 6.76. The molecule has 1 aliphatic rings. The monoisotopic (exact) mass is 344 g/mol. The Hall–Kier alpha value is -1.54. The zero-order valence-electron chi connectivity index (χ0n) is 14.3. The van der Waals surface area contributed by atoms with Gasteiger partial charge in [0.05, 0.1) is 30.3 Å². The van der Waals surface area contributed by atoms with Crippen LogP contribution in [0, 0.1) is 0 Å². The van der Waals surface area contributed by atoms with Gasteiger partial charge in [-0.1, -0.05) is 12.1 Å². The summed E-state index contributed by atoms with van der Waals surface area (Å²) in [4.78, 5) is 11.3. The van der Waals surface area contributed by atoms with Crippen LogP contribution in [0.3, 0.4) is 0 Å². The third-order valence-electron chi connectivity index (χ3n) is 4.53. The molecule has 0 amide bonds. The van der Waals surface area contributed by atoms with Crippen LogP contribution in [0.2, 0.25) is 0 Å². The van der Waals surface area contributed by atoms with Crippen LogP contribution < -0.4 is 5.46 Å². The van der Waals surface area contributed by atoms with Crippen molar-refractivity contribution in [2.75, 3.05) is 7.11 Å². The van der Waals surface area contributed by atoms with Crippen LogP contribution in [-0.2, 0) is 31.4 Å². The van der Waals surface area contributed by atoms with Crippen molar-refractivity contribution in [3.63, 3.8) is 0 Å². The molecule has 24 heavy (non-hydrogen) atoms. The molecule has 0 aromatic heterocycles. The molecule has 1 heterocycles. The Bertz CT molecular complexity index is 625. The predicted octanol–water partition coefficient (Wildman–Crippen LogP) is 2.72. The first kappa shape index (κ1) is 18.8. The van der Waals surface area contributed by atoms with Gasteiger partial charge in [-0.15, -0.1) is 0 Å². The summed E-state index contributed by atoms with van der Waals surface area (Å²) < 4.78 is 56.0. The van der Waals surface area contributed by atoms with Crippen LogP contribution >= 0.6 is 0 Å². The van der Waals surface area contributed by atoms with Gasteiger partial charge in [-0.3, -0.25) is 4.79 Å². The molecule has 0 bridgehead atoms. The molecule has 0 N–H and O–H groups in total. The van der Waals surface area contributed by atoms with E-state index >= 15 is 0 Å². The van der Waals surface area contributed by atoms with E-state index in [-0.39, 0.29) is 11.0 Å². The normalized spacial score (nSPS) is 19.4. The van der Waals surface area contributed by atoms with Crippen LogP contribution in [-0.4, -0.2) is 31.4 Å². The summed E-state index contributed by atoms with van der Waals surface area (Å²) in [6.45, 7) is 7.29. The molecule has 0 unspecified atom stereocenters. The Labute approximate surface area is 139 Å². The van der Waals surface area contributed by atoms with Crippen molar-refractivity contribution in [1.29, 1.82) is 0 Å². The minimum Gasteiger partial charge on any atom is -0.469 e. The number of esters is 1. The molecule has 1 fully saturated rings. The number of halogens is 3. The van der Waals surface area contributed by atoms with Crippen molar-refractivity contribution in [2.45, 2.75) is 51.5 Å². The second kappa shape index (κ2) is 6.08. The fraction of sp³-hybridized carbons (Fsp3) is 0.562. The van der Waals surface area contributed by atoms with Gasteiger partial charge >= 0.3 is 19.3 Å². The van der Waals surface area contributed by atoms with E-state index in [2.05, 4.69) is 4.74 Å². The third kappa shape index (κ3) is 3.59. The SMILES string of the molecule is COC(=O)Cc1ccc(B2OC(C)(C)C(C)(C)O2)cc1C(F)(F)F. The number of hydrogen-bond donors (Lipinski definition) is 0. The average molecular weight is 344 g/mol. The fourth-order valence-electron chi connectivity index (χ4n) is 2.37. The molecule has 0 radical (unpaired) electrons. The Morgan fingerprint density at radius 2 is 1.71 bits per heavy atom. The molecule has 132 valence electrons. The van der Waals surface area contributed by atoms with Gasteiger partial charge in [0.25, 0.3) is 0 Å². The van der Waals surface area contributed by atoms with Crippen molar-refractivity contribution in [3.05, 3.63) is 29.3 Å². The van der Waals surface area contributed by atoms with Crippen LogP contribution in [0.4, 0.5) is 13.2 Å². The second-order valence-electron chi connectivity index (χ2n) is 6.76. The van der Waals surface area contributed by atoms with Crippen molar-refractivity contribution in [1.82, 2.24) is 0 Å². The number of hydrogen-bond acceptors (Lipinski definition) is 4. The van der Waals surface area contributed by atoms with E-state index < -0.39 is 42.5 Å². The predicted molar refractivity (Wildman–Crippen MR) is 82.9 cm³/mol. The van der Waals surface area contributed by atoms with E-state index in [9.17, 15) is 18.0 Å². The third-order valence-corrected chi connectivity index (χ3v) is 4.53. The first-order valence-corrected chi connectivity index (χ1v) is 7.50. The molecular formula is C16H20BF3O4. The van der Waals surface area contributed by atoms with E-state index in [1.165, 1.54) is 12.1 Å². The summed E-state index contributed by atoms with van der Waals surface area (Å²) in [7, 11) is 0.234. The van der Waals surface area contributed by atoms with Gasteiger partial charge in [0.15, 0.2) is 0 Å². The minimum absolute atomic E-state index is 0.144. The summed E-state index contributed by atoms with van der Waals surface area (Å²) in [5.74, 6) is -0.733. The average Bonchev–Trinajstić information content (AvgIpc) is 2.66. The van der Waals surface area contributed by atoms with E-state index in [0.29, 0.717) is 0 Å². The van der Waals surface area contributed by atoms with Gasteiger partial charge in [0, 0.05) is 0 Å². The van der Waals surface area contributed by atoms with Crippen molar-refractivity contribution < 1.29 is 32.0 Å². The van der Waals surface area contributed by atoms with Crippen LogP contribution in [0.1, 0.15) is 38.8 Å². The smallest absolute Gasteiger partial charge is 0.469 e. The zero-order chi connectivity index (χ0) is 18.3. The number of alkyl halides is 3. The molecule has 0 saturated carbocycles. The first-order valence-electron chi connectivity index (χ1n) is 7.50. The number of benzene rings is 1. The summed E-state index contributed by atoms with van der Waals surface area (Å²) in [6, 6.07) is 3.72. The van der Waals surface area contributed by atoms with Gasteiger partial charge in [-0.25, -0.2) is 0 Å². The lowest BCUT2D eigenvalue weighted by Crippen LogP contribution is -2.41. The van der Waals surface area contributed by atoms with Crippen LogP contribution in [0.15, 0.2) is 18.2 Å². The summed E-state index contributed by atoms with van der Waals surface area (Å²) >= 11 is 0. The number of carbonyl (C=O) groups excluding carboxylic acids is 1. The first-order chi connectivity index (χ1) is 10.9. The van der Waals surface area contributed by atoms with Gasteiger partial charge in [-0.05, 0) is 44.8 Å². The minimum atomic E-state index is -4.59. The fourth-order valence-corrected chi connectivity index (χ4v) is 2.37. The maximum atomic E-state index is 13.3. The maximum Gasteiger partial charge on any atom is 0.494 e. The van der Waals surface area contributed by atoms with Gasteiger partial charge in [0.1, 0.15) is 0 Å². The molecular weight excluding hydrogens is 324 g/mol. The Morgan fingerprint density at radius 1 is 1.17 bits per heavy atom. The summed E-state index contributed by atoms with van der Waals surface area (Å²) in [5.41, 5.74) is -2.08. The highest BCUT2D eigenvalue weighted by Gasteiger charge is 2.52. The topological polar surface area (TPSA) is 44.8 Å². The maximum absolute atomic E-state index is 13.3. The molecule has 4 nitrogen and oxygen atoms in total. The molecule has 1 saturated heterocycles. The van der Waals surface area contributed by atoms with E-state index in [0.717, 1.165) is 13.2 Å². The Kier molecular flexibility index (Phi) is 4.76. The van der Waals surface area contributed by atoms with Crippen LogP contribution in [0.25, 0.3) is 0 Å². The summed E-state index contributed by atoms with van der Waals surface area (Å²) in [5, 5.41) is 0.